The van der Waals surface area contributed by atoms with Gasteiger partial charge in [0.1, 0.15) is 0 Å². The van der Waals surface area contributed by atoms with Gasteiger partial charge in [-0.3, -0.25) is 0 Å². The van der Waals surface area contributed by atoms with Crippen LogP contribution < -0.4 is 5.73 Å². The number of hydrogen-bond donors (Lipinski definition) is 1. The molecule has 0 heterocycles. The Morgan fingerprint density at radius 1 is 1.38 bits per heavy atom. The molecule has 2 N–H and O–H groups in total. The standard InChI is InChI=1S/C4H6F3N/c5-4(6,7)2-1-3-8/h1-2H,3,8H2/b2-1+. The fourth-order valence-electron chi connectivity index (χ4n) is 0.202. The van der Waals surface area contributed by atoms with Gasteiger partial charge in [-0.1, -0.05) is 6.08 Å². The molecule has 48 valence electrons. The molecule has 0 spiro atoms. The lowest BCUT2D eigenvalue weighted by Crippen LogP contribution is -2.03. The van der Waals surface area contributed by atoms with E-state index in [2.05, 4.69) is 0 Å². The average molecular weight is 125 g/mol. The van der Waals surface area contributed by atoms with Crippen LogP contribution in [0.4, 0.5) is 13.2 Å². The molecule has 0 aliphatic carbocycles. The predicted octanol–water partition coefficient (Wildman–Crippen LogP) is 1.06. The third kappa shape index (κ3) is 5.49. The van der Waals surface area contributed by atoms with Gasteiger partial charge in [-0.25, -0.2) is 0 Å². The molecule has 0 aliphatic heterocycles. The second-order valence-electron chi connectivity index (χ2n) is 1.18. The maximum Gasteiger partial charge on any atom is 0.409 e. The highest BCUT2D eigenvalue weighted by molar-refractivity contribution is 4.88. The molecule has 0 radical (unpaired) electrons. The first-order valence-corrected chi connectivity index (χ1v) is 2.01. The van der Waals surface area contributed by atoms with Crippen LogP contribution in [0.3, 0.4) is 0 Å². The summed E-state index contributed by atoms with van der Waals surface area (Å²) in [6.07, 6.45) is -3.23. The minimum Gasteiger partial charge on any atom is -0.327 e. The number of halogens is 3. The monoisotopic (exact) mass is 125 g/mol. The Hall–Kier alpha value is -0.510. The Kier molecular flexibility index (Phi) is 2.54. The highest BCUT2D eigenvalue weighted by atomic mass is 19.4. The molecule has 0 atom stereocenters. The molecule has 0 aromatic carbocycles. The van der Waals surface area contributed by atoms with Crippen LogP contribution in [0.25, 0.3) is 0 Å². The average Bonchev–Trinajstić information content (AvgIpc) is 1.59. The van der Waals surface area contributed by atoms with Crippen molar-refractivity contribution in [2.24, 2.45) is 5.73 Å². The minimum absolute atomic E-state index is 0.0699. The van der Waals surface area contributed by atoms with Gasteiger partial charge in [-0.05, 0) is 0 Å². The lowest BCUT2D eigenvalue weighted by Gasteiger charge is -1.94. The fourth-order valence-corrected chi connectivity index (χ4v) is 0.202. The topological polar surface area (TPSA) is 26.0 Å². The van der Waals surface area contributed by atoms with E-state index in [4.69, 9.17) is 5.73 Å². The van der Waals surface area contributed by atoms with Crippen molar-refractivity contribution in [2.75, 3.05) is 6.54 Å². The summed E-state index contributed by atoms with van der Waals surface area (Å²) in [5.41, 5.74) is 4.75. The number of hydrogen-bond acceptors (Lipinski definition) is 1. The van der Waals surface area contributed by atoms with Gasteiger partial charge < -0.3 is 5.73 Å². The van der Waals surface area contributed by atoms with Gasteiger partial charge in [-0.2, -0.15) is 13.2 Å². The Labute approximate surface area is 45.0 Å². The van der Waals surface area contributed by atoms with Crippen molar-refractivity contribution in [3.8, 4) is 0 Å². The van der Waals surface area contributed by atoms with E-state index in [-0.39, 0.29) is 12.6 Å². The smallest absolute Gasteiger partial charge is 0.327 e. The summed E-state index contributed by atoms with van der Waals surface area (Å²) in [7, 11) is 0. The van der Waals surface area contributed by atoms with E-state index in [1.54, 1.807) is 0 Å². The summed E-state index contributed by atoms with van der Waals surface area (Å²) in [6.45, 7) is -0.0699. The zero-order valence-corrected chi connectivity index (χ0v) is 4.07. The molecule has 4 heteroatoms. The van der Waals surface area contributed by atoms with E-state index in [9.17, 15) is 13.2 Å². The summed E-state index contributed by atoms with van der Waals surface area (Å²) in [4.78, 5) is 0. The van der Waals surface area contributed by atoms with Crippen LogP contribution in [0, 0.1) is 0 Å². The fraction of sp³-hybridized carbons (Fsp3) is 0.500. The van der Waals surface area contributed by atoms with Crippen molar-refractivity contribution in [1.29, 1.82) is 0 Å². The first-order valence-electron chi connectivity index (χ1n) is 2.01. The van der Waals surface area contributed by atoms with E-state index < -0.39 is 6.18 Å². The molecule has 0 bridgehead atoms. The van der Waals surface area contributed by atoms with E-state index in [0.717, 1.165) is 6.08 Å². The second-order valence-corrected chi connectivity index (χ2v) is 1.18. The van der Waals surface area contributed by atoms with E-state index in [1.165, 1.54) is 0 Å². The number of alkyl halides is 3. The lowest BCUT2D eigenvalue weighted by atomic mass is 10.5. The summed E-state index contributed by atoms with van der Waals surface area (Å²) in [5, 5.41) is 0. The highest BCUT2D eigenvalue weighted by Crippen LogP contribution is 2.15. The molecule has 0 saturated carbocycles. The third-order valence-electron chi connectivity index (χ3n) is 0.443. The first-order chi connectivity index (χ1) is 3.56. The zero-order valence-electron chi connectivity index (χ0n) is 4.07. The lowest BCUT2D eigenvalue weighted by molar-refractivity contribution is -0.0799. The molecule has 8 heavy (non-hydrogen) atoms. The maximum atomic E-state index is 11.1. The second kappa shape index (κ2) is 2.71. The number of nitrogens with two attached hydrogens (primary N) is 1. The largest absolute Gasteiger partial charge is 0.409 e. The van der Waals surface area contributed by atoms with E-state index in [1.807, 2.05) is 0 Å². The summed E-state index contributed by atoms with van der Waals surface area (Å²) in [5.74, 6) is 0. The molecule has 0 amide bonds. The minimum atomic E-state index is -4.21. The van der Waals surface area contributed by atoms with Crippen molar-refractivity contribution in [2.45, 2.75) is 6.18 Å². The summed E-state index contributed by atoms with van der Waals surface area (Å²) in [6, 6.07) is 0. The van der Waals surface area contributed by atoms with Gasteiger partial charge >= 0.3 is 6.18 Å². The summed E-state index contributed by atoms with van der Waals surface area (Å²) < 4.78 is 33.3. The van der Waals surface area contributed by atoms with Crippen LogP contribution in [0.15, 0.2) is 12.2 Å². The third-order valence-corrected chi connectivity index (χ3v) is 0.443. The molecule has 0 aromatic rings. The van der Waals surface area contributed by atoms with Crippen molar-refractivity contribution < 1.29 is 13.2 Å². The van der Waals surface area contributed by atoms with E-state index in [0.29, 0.717) is 0 Å². The SMILES string of the molecule is NC/C=C/C(F)(F)F. The molecular formula is C4H6F3N. The van der Waals surface area contributed by atoms with Crippen LogP contribution in [0.5, 0.6) is 0 Å². The normalized spacial score (nSPS) is 13.0. The van der Waals surface area contributed by atoms with Crippen LogP contribution in [-0.4, -0.2) is 12.7 Å². The van der Waals surface area contributed by atoms with Crippen LogP contribution in [0.1, 0.15) is 0 Å². The molecular weight excluding hydrogens is 119 g/mol. The Balaban J connectivity index is 3.52. The van der Waals surface area contributed by atoms with Gasteiger partial charge in [-0.15, -0.1) is 0 Å². The molecule has 0 rings (SSSR count). The molecule has 0 aliphatic rings. The van der Waals surface area contributed by atoms with Crippen molar-refractivity contribution in [3.05, 3.63) is 12.2 Å². The van der Waals surface area contributed by atoms with E-state index >= 15 is 0 Å². The Bertz CT molecular complexity index is 83.8. The van der Waals surface area contributed by atoms with Gasteiger partial charge in [0, 0.05) is 12.6 Å². The quantitative estimate of drug-likeness (QED) is 0.521. The molecule has 0 fully saturated rings. The Morgan fingerprint density at radius 3 is 2.00 bits per heavy atom. The molecule has 0 saturated heterocycles. The first kappa shape index (κ1) is 7.49. The number of allylic oxidation sites excluding steroid dienone is 1. The van der Waals surface area contributed by atoms with Gasteiger partial charge in [0.15, 0.2) is 0 Å². The predicted molar refractivity (Wildman–Crippen MR) is 24.2 cm³/mol. The molecule has 0 unspecified atom stereocenters. The Morgan fingerprint density at radius 2 is 1.88 bits per heavy atom. The van der Waals surface area contributed by atoms with Crippen molar-refractivity contribution in [1.82, 2.24) is 0 Å². The highest BCUT2D eigenvalue weighted by Gasteiger charge is 2.21. The van der Waals surface area contributed by atoms with Crippen LogP contribution in [-0.2, 0) is 0 Å². The zero-order chi connectivity index (χ0) is 6.62. The van der Waals surface area contributed by atoms with Crippen molar-refractivity contribution >= 4 is 0 Å². The summed E-state index contributed by atoms with van der Waals surface area (Å²) >= 11 is 0. The van der Waals surface area contributed by atoms with Gasteiger partial charge in [0.25, 0.3) is 0 Å². The molecule has 0 aromatic heterocycles. The number of rotatable bonds is 1. The van der Waals surface area contributed by atoms with Crippen LogP contribution >= 0.6 is 0 Å². The molecule has 1 nitrogen and oxygen atoms in total. The maximum absolute atomic E-state index is 11.1. The van der Waals surface area contributed by atoms with Crippen LogP contribution in [0.2, 0.25) is 0 Å². The van der Waals surface area contributed by atoms with Gasteiger partial charge in [0.05, 0.1) is 0 Å². The van der Waals surface area contributed by atoms with Gasteiger partial charge in [0.2, 0.25) is 0 Å². The van der Waals surface area contributed by atoms with Crippen molar-refractivity contribution in [3.63, 3.8) is 0 Å².